The summed E-state index contributed by atoms with van der Waals surface area (Å²) < 4.78 is 63.2. The number of carbonyl (C=O) groups is 2. The molecule has 0 bridgehead atoms. The first-order valence-corrected chi connectivity index (χ1v) is 7.93. The van der Waals surface area contributed by atoms with Gasteiger partial charge in [-0.15, -0.1) is 0 Å². The van der Waals surface area contributed by atoms with E-state index in [9.17, 15) is 36.3 Å². The zero-order chi connectivity index (χ0) is 17.8. The van der Waals surface area contributed by atoms with Crippen LogP contribution in [0.5, 0.6) is 0 Å². The first kappa shape index (κ1) is 17.6. The van der Waals surface area contributed by atoms with Crippen molar-refractivity contribution in [3.63, 3.8) is 0 Å². The van der Waals surface area contributed by atoms with Gasteiger partial charge in [-0.1, -0.05) is 13.8 Å². The molecule has 1 saturated heterocycles. The highest BCUT2D eigenvalue weighted by Crippen LogP contribution is 2.45. The number of fused-ring (bicyclic) bond motifs is 1. The topological polar surface area (TPSA) is 101 Å². The highest BCUT2D eigenvalue weighted by molar-refractivity contribution is 7.87. The predicted molar refractivity (Wildman–Crippen MR) is 69.2 cm³/mol. The zero-order valence-corrected chi connectivity index (χ0v) is 12.9. The maximum Gasteiger partial charge on any atom is 0.534 e. The Hall–Kier alpha value is -1.78. The lowest BCUT2D eigenvalue weighted by molar-refractivity contribution is -0.148. The highest BCUT2D eigenvalue weighted by Gasteiger charge is 2.54. The summed E-state index contributed by atoms with van der Waals surface area (Å²) in [5, 5.41) is 9.17. The molecule has 0 saturated carbocycles. The first-order chi connectivity index (χ1) is 10.3. The Labute approximate surface area is 129 Å². The Kier molecular flexibility index (Phi) is 3.91. The quantitative estimate of drug-likeness (QED) is 0.602. The van der Waals surface area contributed by atoms with Gasteiger partial charge in [-0.2, -0.15) is 21.6 Å². The smallest absolute Gasteiger partial charge is 0.480 e. The normalized spacial score (nSPS) is 27.4. The number of alkyl halides is 3. The number of carboxylic acids is 1. The van der Waals surface area contributed by atoms with Gasteiger partial charge in [0.05, 0.1) is 0 Å². The van der Waals surface area contributed by atoms with Crippen molar-refractivity contribution in [2.24, 2.45) is 5.41 Å². The summed E-state index contributed by atoms with van der Waals surface area (Å²) in [6.07, 6.45) is 0.390. The second-order valence-corrected chi connectivity index (χ2v) is 7.64. The summed E-state index contributed by atoms with van der Waals surface area (Å²) in [7, 11) is -5.87. The van der Waals surface area contributed by atoms with Crippen molar-refractivity contribution >= 4 is 22.0 Å². The summed E-state index contributed by atoms with van der Waals surface area (Å²) in [5.74, 6) is -2.76. The van der Waals surface area contributed by atoms with Crippen LogP contribution in [-0.2, 0) is 23.9 Å². The molecule has 1 unspecified atom stereocenters. The summed E-state index contributed by atoms with van der Waals surface area (Å²) in [4.78, 5) is 24.3. The van der Waals surface area contributed by atoms with Crippen LogP contribution >= 0.6 is 0 Å². The van der Waals surface area contributed by atoms with E-state index in [0.717, 1.165) is 4.90 Å². The average Bonchev–Trinajstić information content (AvgIpc) is 2.60. The van der Waals surface area contributed by atoms with E-state index in [-0.39, 0.29) is 12.8 Å². The van der Waals surface area contributed by atoms with Crippen LogP contribution in [0.15, 0.2) is 11.8 Å². The molecule has 11 heteroatoms. The Morgan fingerprint density at radius 2 is 2.00 bits per heavy atom. The number of hydrogen-bond donors (Lipinski definition) is 1. The van der Waals surface area contributed by atoms with Gasteiger partial charge in [0, 0.05) is 18.5 Å². The largest absolute Gasteiger partial charge is 0.534 e. The number of aliphatic carboxylic acids is 1. The molecule has 2 aliphatic rings. The molecular formula is C12H14F3NO6S. The third-order valence-corrected chi connectivity index (χ3v) is 5.01. The van der Waals surface area contributed by atoms with Crippen molar-refractivity contribution in [3.8, 4) is 0 Å². The van der Waals surface area contributed by atoms with Gasteiger partial charge in [-0.3, -0.25) is 4.79 Å². The van der Waals surface area contributed by atoms with E-state index >= 15 is 0 Å². The van der Waals surface area contributed by atoms with Gasteiger partial charge in [-0.25, -0.2) is 4.79 Å². The standard InChI is InChI=1S/C12H14F3NO6S/c1-11(2)5-7(10(18)19)16-8(11)3-6(4-9(16)17)22-23(20,21)12(13,14)15/h4,7-8H,3,5H2,1-2H3,(H,18,19)/t7-,8?/m0/s1. The minimum Gasteiger partial charge on any atom is -0.480 e. The first-order valence-electron chi connectivity index (χ1n) is 6.53. The van der Waals surface area contributed by atoms with E-state index in [1.807, 2.05) is 0 Å². The Balaban J connectivity index is 2.33. The summed E-state index contributed by atoms with van der Waals surface area (Å²) >= 11 is 0. The fourth-order valence-corrected chi connectivity index (χ4v) is 3.42. The molecule has 130 valence electrons. The molecule has 0 aliphatic carbocycles. The number of nitrogens with zero attached hydrogens (tertiary/aromatic N) is 1. The van der Waals surface area contributed by atoms with E-state index in [4.69, 9.17) is 0 Å². The molecule has 0 radical (unpaired) electrons. The van der Waals surface area contributed by atoms with Crippen molar-refractivity contribution < 1.29 is 40.5 Å². The fraction of sp³-hybridized carbons (Fsp3) is 0.667. The molecule has 0 aromatic carbocycles. The van der Waals surface area contributed by atoms with Crippen LogP contribution in [0, 0.1) is 5.41 Å². The second-order valence-electron chi connectivity index (χ2n) is 6.11. The van der Waals surface area contributed by atoms with Crippen molar-refractivity contribution in [1.29, 1.82) is 0 Å². The van der Waals surface area contributed by atoms with Gasteiger partial charge in [-0.05, 0) is 11.8 Å². The highest BCUT2D eigenvalue weighted by atomic mass is 32.2. The van der Waals surface area contributed by atoms with Gasteiger partial charge in [0.15, 0.2) is 0 Å². The average molecular weight is 357 g/mol. The van der Waals surface area contributed by atoms with E-state index in [1.165, 1.54) is 0 Å². The lowest BCUT2D eigenvalue weighted by Crippen LogP contribution is -2.48. The molecule has 2 atom stereocenters. The zero-order valence-electron chi connectivity index (χ0n) is 12.1. The van der Waals surface area contributed by atoms with Crippen LogP contribution in [0.1, 0.15) is 26.7 Å². The van der Waals surface area contributed by atoms with E-state index in [1.54, 1.807) is 13.8 Å². The summed E-state index contributed by atoms with van der Waals surface area (Å²) in [6, 6.07) is -1.88. The molecule has 2 heterocycles. The lowest BCUT2D eigenvalue weighted by Gasteiger charge is -2.36. The van der Waals surface area contributed by atoms with Crippen molar-refractivity contribution in [2.45, 2.75) is 44.3 Å². The van der Waals surface area contributed by atoms with Crippen LogP contribution < -0.4 is 0 Å². The van der Waals surface area contributed by atoms with Crippen LogP contribution in [0.4, 0.5) is 13.2 Å². The SMILES string of the molecule is CC1(C)C[C@@H](C(=O)O)N2C(=O)C=C(OS(=O)(=O)C(F)(F)F)CC21. The molecule has 7 nitrogen and oxygen atoms in total. The van der Waals surface area contributed by atoms with Crippen molar-refractivity contribution in [2.75, 3.05) is 0 Å². The van der Waals surface area contributed by atoms with Crippen LogP contribution in [0.3, 0.4) is 0 Å². The van der Waals surface area contributed by atoms with Crippen LogP contribution in [0.2, 0.25) is 0 Å². The molecule has 0 spiro atoms. The molecule has 2 aliphatic heterocycles. The monoisotopic (exact) mass is 357 g/mol. The molecular weight excluding hydrogens is 343 g/mol. The number of amides is 1. The van der Waals surface area contributed by atoms with Crippen molar-refractivity contribution in [3.05, 3.63) is 11.8 Å². The predicted octanol–water partition coefficient (Wildman–Crippen LogP) is 1.22. The Morgan fingerprint density at radius 3 is 2.48 bits per heavy atom. The van der Waals surface area contributed by atoms with Gasteiger partial charge >= 0.3 is 21.6 Å². The summed E-state index contributed by atoms with van der Waals surface area (Å²) in [6.45, 7) is 3.31. The fourth-order valence-electron chi connectivity index (χ4n) is 2.92. The van der Waals surface area contributed by atoms with E-state index in [2.05, 4.69) is 4.18 Å². The number of carboxylic acid groups (broad SMARTS) is 1. The summed E-state index contributed by atoms with van der Waals surface area (Å²) in [5.41, 5.74) is -6.33. The lowest BCUT2D eigenvalue weighted by atomic mass is 9.81. The Bertz CT molecular complexity index is 681. The van der Waals surface area contributed by atoms with Gasteiger partial charge < -0.3 is 14.2 Å². The minimum atomic E-state index is -5.87. The molecule has 1 amide bonds. The van der Waals surface area contributed by atoms with E-state index in [0.29, 0.717) is 6.08 Å². The van der Waals surface area contributed by atoms with Crippen LogP contribution in [0.25, 0.3) is 0 Å². The number of carbonyl (C=O) groups excluding carboxylic acids is 1. The van der Waals surface area contributed by atoms with E-state index < -0.39 is 50.8 Å². The molecule has 1 N–H and O–H groups in total. The Morgan fingerprint density at radius 1 is 1.43 bits per heavy atom. The number of hydrogen-bond acceptors (Lipinski definition) is 5. The van der Waals surface area contributed by atoms with Crippen LogP contribution in [-0.4, -0.2) is 47.9 Å². The molecule has 2 rings (SSSR count). The number of rotatable bonds is 3. The van der Waals surface area contributed by atoms with Gasteiger partial charge in [0.1, 0.15) is 11.8 Å². The maximum atomic E-state index is 12.4. The molecule has 23 heavy (non-hydrogen) atoms. The third-order valence-electron chi connectivity index (χ3n) is 4.01. The van der Waals surface area contributed by atoms with Gasteiger partial charge in [0.2, 0.25) is 0 Å². The minimum absolute atomic E-state index is 0.103. The van der Waals surface area contributed by atoms with Crippen molar-refractivity contribution in [1.82, 2.24) is 4.90 Å². The van der Waals surface area contributed by atoms with Gasteiger partial charge in [0.25, 0.3) is 5.91 Å². The molecule has 1 fully saturated rings. The third kappa shape index (κ3) is 3.01. The number of halogens is 3. The second kappa shape index (κ2) is 5.11. The maximum absolute atomic E-state index is 12.4. The molecule has 0 aromatic rings. The molecule has 0 aromatic heterocycles.